The van der Waals surface area contributed by atoms with Crippen molar-refractivity contribution < 1.29 is 14.8 Å². The summed E-state index contributed by atoms with van der Waals surface area (Å²) in [4.78, 5) is 26.0. The maximum absolute atomic E-state index is 11.1. The largest absolute Gasteiger partial charge is 0.478 e. The lowest BCUT2D eigenvalue weighted by Gasteiger charge is -2.07. The van der Waals surface area contributed by atoms with Gasteiger partial charge in [0.2, 0.25) is 0 Å². The molecular formula is C12H11N3O4S. The van der Waals surface area contributed by atoms with Crippen LogP contribution in [-0.2, 0) is 6.54 Å². The highest BCUT2D eigenvalue weighted by Gasteiger charge is 2.17. The second-order valence-corrected chi connectivity index (χ2v) is 5.03. The standard InChI is InChI=1S/C12H11N3O4S/c1-7-2-3-20-10(7)6-14-11-9(12(16)17)4-8(5-13-11)15(18)19/h2-5H,6H2,1H3,(H,13,14)(H,16,17). The summed E-state index contributed by atoms with van der Waals surface area (Å²) in [5.41, 5.74) is 0.537. The van der Waals surface area contributed by atoms with Gasteiger partial charge in [0.25, 0.3) is 5.69 Å². The summed E-state index contributed by atoms with van der Waals surface area (Å²) >= 11 is 1.55. The number of nitrogens with zero attached hydrogens (tertiary/aromatic N) is 2. The second-order valence-electron chi connectivity index (χ2n) is 4.03. The minimum atomic E-state index is -1.26. The van der Waals surface area contributed by atoms with E-state index < -0.39 is 10.9 Å². The Morgan fingerprint density at radius 1 is 1.60 bits per heavy atom. The summed E-state index contributed by atoms with van der Waals surface area (Å²) < 4.78 is 0. The van der Waals surface area contributed by atoms with Crippen molar-refractivity contribution >= 4 is 28.8 Å². The molecule has 0 radical (unpaired) electrons. The lowest BCUT2D eigenvalue weighted by molar-refractivity contribution is -0.385. The number of aryl methyl sites for hydroxylation is 1. The van der Waals surface area contributed by atoms with Crippen molar-refractivity contribution in [1.29, 1.82) is 0 Å². The zero-order valence-electron chi connectivity index (χ0n) is 10.5. The van der Waals surface area contributed by atoms with Gasteiger partial charge in [-0.1, -0.05) is 0 Å². The fourth-order valence-corrected chi connectivity index (χ4v) is 2.45. The Hall–Kier alpha value is -2.48. The first kappa shape index (κ1) is 13.9. The van der Waals surface area contributed by atoms with Crippen LogP contribution in [0.2, 0.25) is 0 Å². The molecule has 0 unspecified atom stereocenters. The number of aromatic carboxylic acids is 1. The third kappa shape index (κ3) is 2.91. The molecule has 8 heteroatoms. The third-order valence-corrected chi connectivity index (χ3v) is 3.72. The van der Waals surface area contributed by atoms with Crippen LogP contribution in [0.1, 0.15) is 20.8 Å². The lowest BCUT2D eigenvalue weighted by atomic mass is 10.2. The first-order chi connectivity index (χ1) is 9.49. The summed E-state index contributed by atoms with van der Waals surface area (Å²) in [5.74, 6) is -1.14. The van der Waals surface area contributed by atoms with Crippen molar-refractivity contribution in [2.45, 2.75) is 13.5 Å². The quantitative estimate of drug-likeness (QED) is 0.648. The lowest BCUT2D eigenvalue weighted by Crippen LogP contribution is -2.09. The average molecular weight is 293 g/mol. The van der Waals surface area contributed by atoms with Crippen LogP contribution < -0.4 is 5.32 Å². The molecule has 20 heavy (non-hydrogen) atoms. The second kappa shape index (κ2) is 5.66. The number of rotatable bonds is 5. The molecule has 0 atom stereocenters. The van der Waals surface area contributed by atoms with Gasteiger partial charge < -0.3 is 10.4 Å². The fraction of sp³-hybridized carbons (Fsp3) is 0.167. The molecule has 7 nitrogen and oxygen atoms in total. The topological polar surface area (TPSA) is 105 Å². The van der Waals surface area contributed by atoms with Crippen molar-refractivity contribution in [2.75, 3.05) is 5.32 Å². The summed E-state index contributed by atoms with van der Waals surface area (Å²) in [6.07, 6.45) is 1.04. The summed E-state index contributed by atoms with van der Waals surface area (Å²) in [6, 6.07) is 2.96. The zero-order chi connectivity index (χ0) is 14.7. The van der Waals surface area contributed by atoms with E-state index in [2.05, 4.69) is 10.3 Å². The number of hydrogen-bond donors (Lipinski definition) is 2. The van der Waals surface area contributed by atoms with Crippen molar-refractivity contribution in [1.82, 2.24) is 4.98 Å². The van der Waals surface area contributed by atoms with Gasteiger partial charge in [0.1, 0.15) is 17.6 Å². The smallest absolute Gasteiger partial charge is 0.339 e. The zero-order valence-corrected chi connectivity index (χ0v) is 11.3. The van der Waals surface area contributed by atoms with E-state index >= 15 is 0 Å². The van der Waals surface area contributed by atoms with Crippen LogP contribution in [0.15, 0.2) is 23.7 Å². The monoisotopic (exact) mass is 293 g/mol. The normalized spacial score (nSPS) is 10.2. The Morgan fingerprint density at radius 2 is 2.35 bits per heavy atom. The highest BCUT2D eigenvalue weighted by Crippen LogP contribution is 2.21. The van der Waals surface area contributed by atoms with Crippen LogP contribution in [0.3, 0.4) is 0 Å². The molecule has 104 valence electrons. The van der Waals surface area contributed by atoms with Gasteiger partial charge in [-0.3, -0.25) is 10.1 Å². The minimum absolute atomic E-state index is 0.121. The molecule has 0 fully saturated rings. The molecule has 0 aliphatic heterocycles. The molecule has 0 aliphatic carbocycles. The number of carboxylic acids is 1. The molecule has 0 amide bonds. The average Bonchev–Trinajstić information content (AvgIpc) is 2.81. The Kier molecular flexibility index (Phi) is 3.94. The van der Waals surface area contributed by atoms with Gasteiger partial charge >= 0.3 is 5.97 Å². The van der Waals surface area contributed by atoms with Crippen molar-refractivity contribution in [2.24, 2.45) is 0 Å². The van der Waals surface area contributed by atoms with Crippen molar-refractivity contribution in [3.05, 3.63) is 49.8 Å². The summed E-state index contributed by atoms with van der Waals surface area (Å²) in [7, 11) is 0. The Morgan fingerprint density at radius 3 is 2.90 bits per heavy atom. The van der Waals surface area contributed by atoms with Crippen LogP contribution in [0.4, 0.5) is 11.5 Å². The van der Waals surface area contributed by atoms with Crippen molar-refractivity contribution in [3.8, 4) is 0 Å². The summed E-state index contributed by atoms with van der Waals surface area (Å²) in [5, 5.41) is 24.6. The molecule has 2 rings (SSSR count). The molecular weight excluding hydrogens is 282 g/mol. The Bertz CT molecular complexity index is 668. The molecule has 0 bridgehead atoms. The van der Waals surface area contributed by atoms with Crippen LogP contribution in [-0.4, -0.2) is 21.0 Å². The van der Waals surface area contributed by atoms with E-state index in [0.29, 0.717) is 6.54 Å². The number of nitrogens with one attached hydrogen (secondary N) is 1. The van der Waals surface area contributed by atoms with E-state index in [1.807, 2.05) is 18.4 Å². The molecule has 0 aliphatic rings. The number of anilines is 1. The van der Waals surface area contributed by atoms with Crippen LogP contribution in [0.25, 0.3) is 0 Å². The van der Waals surface area contributed by atoms with Gasteiger partial charge in [-0.05, 0) is 23.9 Å². The fourth-order valence-electron chi connectivity index (χ4n) is 1.61. The molecule has 2 heterocycles. The summed E-state index contributed by atoms with van der Waals surface area (Å²) in [6.45, 7) is 2.38. The molecule has 2 aromatic heterocycles. The highest BCUT2D eigenvalue weighted by atomic mass is 32.1. The molecule has 0 spiro atoms. The molecule has 2 aromatic rings. The maximum atomic E-state index is 11.1. The number of thiophene rings is 1. The molecule has 2 N–H and O–H groups in total. The predicted molar refractivity (Wildman–Crippen MR) is 74.2 cm³/mol. The van der Waals surface area contributed by atoms with E-state index in [0.717, 1.165) is 22.7 Å². The Balaban J connectivity index is 2.25. The van der Waals surface area contributed by atoms with E-state index in [4.69, 9.17) is 5.11 Å². The first-order valence-corrected chi connectivity index (χ1v) is 6.51. The van der Waals surface area contributed by atoms with Gasteiger partial charge in [0.05, 0.1) is 11.5 Å². The molecule has 0 saturated heterocycles. The van der Waals surface area contributed by atoms with Gasteiger partial charge in [-0.25, -0.2) is 9.78 Å². The van der Waals surface area contributed by atoms with E-state index in [-0.39, 0.29) is 17.1 Å². The van der Waals surface area contributed by atoms with Gasteiger partial charge in [0, 0.05) is 10.9 Å². The highest BCUT2D eigenvalue weighted by molar-refractivity contribution is 7.10. The van der Waals surface area contributed by atoms with E-state index in [1.54, 1.807) is 11.3 Å². The molecule has 0 aromatic carbocycles. The number of carbonyl (C=O) groups is 1. The third-order valence-electron chi connectivity index (χ3n) is 2.70. The molecule has 0 saturated carbocycles. The van der Waals surface area contributed by atoms with E-state index in [1.165, 1.54) is 0 Å². The Labute approximate surface area is 118 Å². The van der Waals surface area contributed by atoms with Gasteiger partial charge in [-0.2, -0.15) is 0 Å². The van der Waals surface area contributed by atoms with Crippen molar-refractivity contribution in [3.63, 3.8) is 0 Å². The number of aromatic nitrogens is 1. The number of carboxylic acid groups (broad SMARTS) is 1. The number of pyridine rings is 1. The first-order valence-electron chi connectivity index (χ1n) is 5.63. The van der Waals surface area contributed by atoms with Gasteiger partial charge in [0.15, 0.2) is 0 Å². The van der Waals surface area contributed by atoms with E-state index in [9.17, 15) is 14.9 Å². The SMILES string of the molecule is Cc1ccsc1CNc1ncc([N+](=O)[O-])cc1C(=O)O. The van der Waals surface area contributed by atoms with Crippen LogP contribution >= 0.6 is 11.3 Å². The van der Waals surface area contributed by atoms with Crippen LogP contribution in [0, 0.1) is 17.0 Å². The number of nitro groups is 1. The van der Waals surface area contributed by atoms with Crippen LogP contribution in [0.5, 0.6) is 0 Å². The maximum Gasteiger partial charge on any atom is 0.339 e. The number of hydrogen-bond acceptors (Lipinski definition) is 6. The predicted octanol–water partition coefficient (Wildman–Crippen LogP) is 2.67. The van der Waals surface area contributed by atoms with Gasteiger partial charge in [-0.15, -0.1) is 11.3 Å². The minimum Gasteiger partial charge on any atom is -0.478 e.